The van der Waals surface area contributed by atoms with Crippen molar-refractivity contribution < 1.29 is 14.5 Å². The molecule has 1 atom stereocenters. The molecule has 7 heteroatoms. The van der Waals surface area contributed by atoms with Crippen LogP contribution in [0.5, 0.6) is 5.75 Å². The molecule has 0 aromatic heterocycles. The SMILES string of the molecule is CCN(C(=O)c1cccc([N+](=O)[O-])c1OC)C1CCNC1. The van der Waals surface area contributed by atoms with Crippen LogP contribution in [-0.2, 0) is 0 Å². The van der Waals surface area contributed by atoms with Gasteiger partial charge in [-0.25, -0.2) is 0 Å². The maximum Gasteiger partial charge on any atom is 0.311 e. The molecule has 0 aliphatic carbocycles. The highest BCUT2D eigenvalue weighted by Crippen LogP contribution is 2.31. The number of hydrogen-bond acceptors (Lipinski definition) is 5. The molecule has 21 heavy (non-hydrogen) atoms. The maximum absolute atomic E-state index is 12.7. The van der Waals surface area contributed by atoms with Crippen molar-refractivity contribution in [1.29, 1.82) is 0 Å². The normalized spacial score (nSPS) is 17.5. The van der Waals surface area contributed by atoms with Crippen LogP contribution >= 0.6 is 0 Å². The molecule has 1 aliphatic rings. The molecule has 1 fully saturated rings. The van der Waals surface area contributed by atoms with Crippen molar-refractivity contribution in [2.24, 2.45) is 0 Å². The van der Waals surface area contributed by atoms with Crippen LogP contribution in [0.1, 0.15) is 23.7 Å². The van der Waals surface area contributed by atoms with Gasteiger partial charge in [0.1, 0.15) is 0 Å². The smallest absolute Gasteiger partial charge is 0.311 e. The molecule has 0 bridgehead atoms. The third kappa shape index (κ3) is 2.97. The van der Waals surface area contributed by atoms with Crippen LogP contribution < -0.4 is 10.1 Å². The van der Waals surface area contributed by atoms with Gasteiger partial charge in [0, 0.05) is 25.2 Å². The number of ether oxygens (including phenoxy) is 1. The number of rotatable bonds is 5. The molecule has 0 spiro atoms. The first-order chi connectivity index (χ1) is 10.1. The van der Waals surface area contributed by atoms with Gasteiger partial charge in [-0.3, -0.25) is 14.9 Å². The van der Waals surface area contributed by atoms with Crippen molar-refractivity contribution in [1.82, 2.24) is 10.2 Å². The maximum atomic E-state index is 12.7. The lowest BCUT2D eigenvalue weighted by molar-refractivity contribution is -0.385. The molecule has 1 N–H and O–H groups in total. The van der Waals surface area contributed by atoms with E-state index in [4.69, 9.17) is 4.74 Å². The largest absolute Gasteiger partial charge is 0.490 e. The van der Waals surface area contributed by atoms with E-state index < -0.39 is 4.92 Å². The summed E-state index contributed by atoms with van der Waals surface area (Å²) in [6.45, 7) is 4.08. The number of para-hydroxylation sites is 1. The van der Waals surface area contributed by atoms with Crippen molar-refractivity contribution in [3.8, 4) is 5.75 Å². The van der Waals surface area contributed by atoms with Gasteiger partial charge >= 0.3 is 5.69 Å². The number of likely N-dealkylation sites (N-methyl/N-ethyl adjacent to an activating group) is 1. The van der Waals surface area contributed by atoms with Gasteiger partial charge in [0.25, 0.3) is 5.91 Å². The van der Waals surface area contributed by atoms with E-state index in [-0.39, 0.29) is 28.9 Å². The molecule has 2 rings (SSSR count). The Morgan fingerprint density at radius 2 is 2.33 bits per heavy atom. The van der Waals surface area contributed by atoms with E-state index in [2.05, 4.69) is 5.32 Å². The number of carbonyl (C=O) groups excluding carboxylic acids is 1. The predicted molar refractivity (Wildman–Crippen MR) is 77.6 cm³/mol. The van der Waals surface area contributed by atoms with E-state index in [0.717, 1.165) is 19.5 Å². The molecule has 1 aromatic rings. The monoisotopic (exact) mass is 293 g/mol. The fraction of sp³-hybridized carbons (Fsp3) is 0.500. The summed E-state index contributed by atoms with van der Waals surface area (Å²) in [6, 6.07) is 4.53. The number of methoxy groups -OCH3 is 1. The summed E-state index contributed by atoms with van der Waals surface area (Å²) < 4.78 is 5.11. The number of nitrogens with zero attached hydrogens (tertiary/aromatic N) is 2. The molecule has 0 saturated carbocycles. The molecule has 7 nitrogen and oxygen atoms in total. The lowest BCUT2D eigenvalue weighted by Gasteiger charge is -2.27. The number of amides is 1. The Balaban J connectivity index is 2.37. The molecule has 1 heterocycles. The van der Waals surface area contributed by atoms with E-state index in [9.17, 15) is 14.9 Å². The summed E-state index contributed by atoms with van der Waals surface area (Å²) in [5.41, 5.74) is 0.0457. The molecule has 1 saturated heterocycles. The van der Waals surface area contributed by atoms with Gasteiger partial charge in [0.2, 0.25) is 5.75 Å². The van der Waals surface area contributed by atoms with Gasteiger partial charge < -0.3 is 15.0 Å². The quantitative estimate of drug-likeness (QED) is 0.655. The molecule has 1 amide bonds. The van der Waals surface area contributed by atoms with Crippen LogP contribution in [0.15, 0.2) is 18.2 Å². The van der Waals surface area contributed by atoms with Crippen LogP contribution in [0.4, 0.5) is 5.69 Å². The summed E-state index contributed by atoms with van der Waals surface area (Å²) in [4.78, 5) is 25.0. The number of nitro benzene ring substituents is 1. The third-order valence-electron chi connectivity index (χ3n) is 3.70. The number of hydrogen-bond donors (Lipinski definition) is 1. The van der Waals surface area contributed by atoms with Crippen molar-refractivity contribution >= 4 is 11.6 Å². The van der Waals surface area contributed by atoms with Gasteiger partial charge in [0.15, 0.2) is 0 Å². The summed E-state index contributed by atoms with van der Waals surface area (Å²) in [5.74, 6) is -0.205. The zero-order valence-electron chi connectivity index (χ0n) is 12.2. The minimum atomic E-state index is -0.539. The Labute approximate surface area is 123 Å². The van der Waals surface area contributed by atoms with Gasteiger partial charge in [0.05, 0.1) is 17.6 Å². The second kappa shape index (κ2) is 6.53. The van der Waals surface area contributed by atoms with Crippen molar-refractivity contribution in [3.05, 3.63) is 33.9 Å². The fourth-order valence-corrected chi connectivity index (χ4v) is 2.68. The Kier molecular flexibility index (Phi) is 4.74. The van der Waals surface area contributed by atoms with Crippen molar-refractivity contribution in [2.45, 2.75) is 19.4 Å². The van der Waals surface area contributed by atoms with E-state index in [1.165, 1.54) is 19.2 Å². The summed E-state index contributed by atoms with van der Waals surface area (Å²) in [7, 11) is 1.34. The molecule has 0 radical (unpaired) electrons. The van der Waals surface area contributed by atoms with Crippen molar-refractivity contribution in [2.75, 3.05) is 26.7 Å². The van der Waals surface area contributed by atoms with E-state index in [1.807, 2.05) is 6.92 Å². The molecule has 1 unspecified atom stereocenters. The summed E-state index contributed by atoms with van der Waals surface area (Å²) in [5, 5.41) is 14.3. The minimum Gasteiger partial charge on any atom is -0.490 e. The van der Waals surface area contributed by atoms with Crippen LogP contribution in [0, 0.1) is 10.1 Å². The van der Waals surface area contributed by atoms with Gasteiger partial charge in [-0.05, 0) is 26.0 Å². The highest BCUT2D eigenvalue weighted by atomic mass is 16.6. The first-order valence-corrected chi connectivity index (χ1v) is 6.93. The van der Waals surface area contributed by atoms with E-state index >= 15 is 0 Å². The molecular formula is C14H19N3O4. The van der Waals surface area contributed by atoms with Gasteiger partial charge in [-0.1, -0.05) is 6.07 Å². The number of nitrogens with one attached hydrogen (secondary N) is 1. The summed E-state index contributed by atoms with van der Waals surface area (Å²) in [6.07, 6.45) is 0.886. The van der Waals surface area contributed by atoms with Crippen LogP contribution in [0.2, 0.25) is 0 Å². The van der Waals surface area contributed by atoms with Gasteiger partial charge in [-0.2, -0.15) is 0 Å². The van der Waals surface area contributed by atoms with Gasteiger partial charge in [-0.15, -0.1) is 0 Å². The van der Waals surface area contributed by atoms with E-state index in [1.54, 1.807) is 11.0 Å². The lowest BCUT2D eigenvalue weighted by Crippen LogP contribution is -2.41. The Bertz CT molecular complexity index is 541. The zero-order valence-corrected chi connectivity index (χ0v) is 12.2. The molecule has 114 valence electrons. The lowest BCUT2D eigenvalue weighted by atomic mass is 10.1. The Morgan fingerprint density at radius 1 is 1.57 bits per heavy atom. The highest BCUT2D eigenvalue weighted by Gasteiger charge is 2.30. The summed E-state index contributed by atoms with van der Waals surface area (Å²) >= 11 is 0. The van der Waals surface area contributed by atoms with Crippen LogP contribution in [0.25, 0.3) is 0 Å². The zero-order chi connectivity index (χ0) is 15.4. The van der Waals surface area contributed by atoms with Crippen molar-refractivity contribution in [3.63, 3.8) is 0 Å². The number of benzene rings is 1. The fourth-order valence-electron chi connectivity index (χ4n) is 2.68. The van der Waals surface area contributed by atoms with Crippen LogP contribution in [0.3, 0.4) is 0 Å². The van der Waals surface area contributed by atoms with E-state index in [0.29, 0.717) is 6.54 Å². The molecule has 1 aromatic carbocycles. The first-order valence-electron chi connectivity index (χ1n) is 6.93. The molecular weight excluding hydrogens is 274 g/mol. The topological polar surface area (TPSA) is 84.7 Å². The Morgan fingerprint density at radius 3 is 2.86 bits per heavy atom. The Hall–Kier alpha value is -2.15. The minimum absolute atomic E-state index is 0.0249. The number of carbonyl (C=O) groups is 1. The first kappa shape index (κ1) is 15.2. The average Bonchev–Trinajstić information content (AvgIpc) is 3.00. The number of nitro groups is 1. The second-order valence-corrected chi connectivity index (χ2v) is 4.85. The molecule has 1 aliphatic heterocycles. The second-order valence-electron chi connectivity index (χ2n) is 4.85. The predicted octanol–water partition coefficient (Wildman–Crippen LogP) is 1.43. The highest BCUT2D eigenvalue weighted by molar-refractivity contribution is 5.98. The van der Waals surface area contributed by atoms with Crippen LogP contribution in [-0.4, -0.2) is 48.5 Å². The third-order valence-corrected chi connectivity index (χ3v) is 3.70. The standard InChI is InChI=1S/C14H19N3O4/c1-3-16(10-7-8-15-9-10)14(18)11-5-4-6-12(17(19)20)13(11)21-2/h4-6,10,15H,3,7-9H2,1-2H3. The average molecular weight is 293 g/mol.